The van der Waals surface area contributed by atoms with Gasteiger partial charge in [-0.25, -0.2) is 0 Å². The average molecular weight is 184 g/mol. The number of ether oxygens (including phenoxy) is 3. The highest BCUT2D eigenvalue weighted by molar-refractivity contribution is 5.23. The molecular formula is C10H16O3. The van der Waals surface area contributed by atoms with Crippen LogP contribution in [-0.2, 0) is 14.2 Å². The Morgan fingerprint density at radius 1 is 1.23 bits per heavy atom. The first kappa shape index (κ1) is 10.3. The van der Waals surface area contributed by atoms with Crippen LogP contribution in [0.15, 0.2) is 24.0 Å². The van der Waals surface area contributed by atoms with Crippen LogP contribution >= 0.6 is 0 Å². The zero-order valence-corrected chi connectivity index (χ0v) is 8.53. The lowest BCUT2D eigenvalue weighted by molar-refractivity contribution is -0.192. The highest BCUT2D eigenvalue weighted by Gasteiger charge is 2.35. The van der Waals surface area contributed by atoms with E-state index in [1.807, 2.05) is 25.2 Å². The van der Waals surface area contributed by atoms with Crippen molar-refractivity contribution >= 4 is 0 Å². The molecular weight excluding hydrogens is 168 g/mol. The van der Waals surface area contributed by atoms with E-state index in [0.717, 1.165) is 5.76 Å². The molecule has 0 spiro atoms. The smallest absolute Gasteiger partial charge is 0.193 e. The van der Waals surface area contributed by atoms with E-state index in [1.54, 1.807) is 21.3 Å². The molecule has 3 nitrogen and oxygen atoms in total. The van der Waals surface area contributed by atoms with Gasteiger partial charge in [-0.15, -0.1) is 0 Å². The Balaban J connectivity index is 2.86. The quantitative estimate of drug-likeness (QED) is 0.625. The molecule has 0 aliphatic heterocycles. The second kappa shape index (κ2) is 3.94. The maximum Gasteiger partial charge on any atom is 0.193 e. The second-order valence-electron chi connectivity index (χ2n) is 3.02. The van der Waals surface area contributed by atoms with Crippen LogP contribution in [0.2, 0.25) is 0 Å². The highest BCUT2D eigenvalue weighted by atomic mass is 16.7. The fourth-order valence-electron chi connectivity index (χ4n) is 1.50. The standard InChI is InChI=1S/C10H16O3/c1-8-7-9(11-2)5-6-10(8,12-3)13-4/h5-8H,1-4H3. The maximum absolute atomic E-state index is 5.32. The largest absolute Gasteiger partial charge is 0.497 e. The topological polar surface area (TPSA) is 27.7 Å². The third kappa shape index (κ3) is 1.76. The molecule has 1 aliphatic rings. The van der Waals surface area contributed by atoms with Crippen molar-refractivity contribution in [3.05, 3.63) is 24.0 Å². The lowest BCUT2D eigenvalue weighted by atomic mass is 9.95. The Morgan fingerprint density at radius 2 is 1.85 bits per heavy atom. The van der Waals surface area contributed by atoms with Gasteiger partial charge >= 0.3 is 0 Å². The third-order valence-corrected chi connectivity index (χ3v) is 2.40. The molecule has 0 amide bonds. The monoisotopic (exact) mass is 184 g/mol. The number of rotatable bonds is 3. The van der Waals surface area contributed by atoms with E-state index in [1.165, 1.54) is 0 Å². The molecule has 1 unspecified atom stereocenters. The maximum atomic E-state index is 5.32. The first-order valence-corrected chi connectivity index (χ1v) is 4.24. The zero-order valence-electron chi connectivity index (χ0n) is 8.53. The van der Waals surface area contributed by atoms with E-state index in [2.05, 4.69) is 0 Å². The van der Waals surface area contributed by atoms with Gasteiger partial charge in [0.2, 0.25) is 0 Å². The minimum absolute atomic E-state index is 0.141. The summed E-state index contributed by atoms with van der Waals surface area (Å²) in [6.45, 7) is 2.02. The van der Waals surface area contributed by atoms with Crippen LogP contribution in [0.3, 0.4) is 0 Å². The molecule has 0 fully saturated rings. The Kier molecular flexibility index (Phi) is 3.12. The van der Waals surface area contributed by atoms with Crippen molar-refractivity contribution in [2.75, 3.05) is 21.3 Å². The molecule has 74 valence electrons. The van der Waals surface area contributed by atoms with Gasteiger partial charge in [-0.3, -0.25) is 0 Å². The summed E-state index contributed by atoms with van der Waals surface area (Å²) in [6, 6.07) is 0. The molecule has 0 heterocycles. The molecule has 0 radical (unpaired) electrons. The van der Waals surface area contributed by atoms with Crippen LogP contribution < -0.4 is 0 Å². The minimum Gasteiger partial charge on any atom is -0.497 e. The van der Waals surface area contributed by atoms with E-state index in [4.69, 9.17) is 14.2 Å². The van der Waals surface area contributed by atoms with Crippen molar-refractivity contribution in [3.63, 3.8) is 0 Å². The number of methoxy groups -OCH3 is 3. The number of allylic oxidation sites excluding steroid dienone is 1. The molecule has 1 atom stereocenters. The average Bonchev–Trinajstić information content (AvgIpc) is 2.18. The van der Waals surface area contributed by atoms with E-state index < -0.39 is 5.79 Å². The molecule has 0 aromatic carbocycles. The first-order valence-electron chi connectivity index (χ1n) is 4.24. The minimum atomic E-state index is -0.637. The van der Waals surface area contributed by atoms with Gasteiger partial charge in [0.25, 0.3) is 0 Å². The number of hydrogen-bond acceptors (Lipinski definition) is 3. The molecule has 0 saturated carbocycles. The van der Waals surface area contributed by atoms with Crippen LogP contribution in [0.4, 0.5) is 0 Å². The summed E-state index contributed by atoms with van der Waals surface area (Å²) in [5.41, 5.74) is 0. The Bertz CT molecular complexity index is 226. The number of hydrogen-bond donors (Lipinski definition) is 0. The zero-order chi connectivity index (χ0) is 9.90. The van der Waals surface area contributed by atoms with Crippen LogP contribution in [0, 0.1) is 5.92 Å². The van der Waals surface area contributed by atoms with Gasteiger partial charge in [-0.2, -0.15) is 0 Å². The Morgan fingerprint density at radius 3 is 2.23 bits per heavy atom. The fourth-order valence-corrected chi connectivity index (χ4v) is 1.50. The van der Waals surface area contributed by atoms with E-state index >= 15 is 0 Å². The molecule has 0 N–H and O–H groups in total. The SMILES string of the molecule is COC1=CC(C)C(OC)(OC)C=C1. The van der Waals surface area contributed by atoms with Crippen LogP contribution in [0.1, 0.15) is 6.92 Å². The van der Waals surface area contributed by atoms with Crippen molar-refractivity contribution in [2.24, 2.45) is 5.92 Å². The van der Waals surface area contributed by atoms with Gasteiger partial charge < -0.3 is 14.2 Å². The van der Waals surface area contributed by atoms with Crippen LogP contribution in [-0.4, -0.2) is 27.1 Å². The van der Waals surface area contributed by atoms with Crippen molar-refractivity contribution in [1.29, 1.82) is 0 Å². The normalized spacial score (nSPS) is 25.5. The predicted molar refractivity (Wildman–Crippen MR) is 50.1 cm³/mol. The Hall–Kier alpha value is -0.800. The third-order valence-electron chi connectivity index (χ3n) is 2.40. The van der Waals surface area contributed by atoms with Crippen molar-refractivity contribution in [3.8, 4) is 0 Å². The molecule has 0 aromatic heterocycles. The van der Waals surface area contributed by atoms with Crippen molar-refractivity contribution in [1.82, 2.24) is 0 Å². The lowest BCUT2D eigenvalue weighted by Gasteiger charge is -2.34. The van der Waals surface area contributed by atoms with E-state index in [9.17, 15) is 0 Å². The second-order valence-corrected chi connectivity index (χ2v) is 3.02. The molecule has 3 heteroatoms. The van der Waals surface area contributed by atoms with Crippen LogP contribution in [0.5, 0.6) is 0 Å². The van der Waals surface area contributed by atoms with Crippen LogP contribution in [0.25, 0.3) is 0 Å². The van der Waals surface area contributed by atoms with Gasteiger partial charge in [0.05, 0.1) is 7.11 Å². The summed E-state index contributed by atoms with van der Waals surface area (Å²) in [4.78, 5) is 0. The van der Waals surface area contributed by atoms with E-state index in [-0.39, 0.29) is 5.92 Å². The van der Waals surface area contributed by atoms with Gasteiger partial charge in [0.1, 0.15) is 5.76 Å². The summed E-state index contributed by atoms with van der Waals surface area (Å²) >= 11 is 0. The summed E-state index contributed by atoms with van der Waals surface area (Å²) in [5.74, 6) is 0.349. The van der Waals surface area contributed by atoms with Gasteiger partial charge in [0.15, 0.2) is 5.79 Å². The molecule has 0 bridgehead atoms. The van der Waals surface area contributed by atoms with Crippen molar-refractivity contribution < 1.29 is 14.2 Å². The lowest BCUT2D eigenvalue weighted by Crippen LogP contribution is -2.39. The molecule has 1 rings (SSSR count). The highest BCUT2D eigenvalue weighted by Crippen LogP contribution is 2.30. The van der Waals surface area contributed by atoms with Gasteiger partial charge in [-0.1, -0.05) is 6.92 Å². The van der Waals surface area contributed by atoms with Gasteiger partial charge in [-0.05, 0) is 18.2 Å². The molecule has 1 aliphatic carbocycles. The van der Waals surface area contributed by atoms with Crippen molar-refractivity contribution in [2.45, 2.75) is 12.7 Å². The van der Waals surface area contributed by atoms with E-state index in [0.29, 0.717) is 0 Å². The van der Waals surface area contributed by atoms with Gasteiger partial charge in [0, 0.05) is 20.1 Å². The fraction of sp³-hybridized carbons (Fsp3) is 0.600. The Labute approximate surface area is 79.0 Å². The molecule has 13 heavy (non-hydrogen) atoms. The molecule has 0 aromatic rings. The predicted octanol–water partition coefficient (Wildman–Crippen LogP) is 1.71. The summed E-state index contributed by atoms with van der Waals surface area (Å²) in [6.07, 6.45) is 5.70. The summed E-state index contributed by atoms with van der Waals surface area (Å²) < 4.78 is 15.8. The molecule has 0 saturated heterocycles. The first-order chi connectivity index (χ1) is 6.18. The summed E-state index contributed by atoms with van der Waals surface area (Å²) in [5, 5.41) is 0. The summed E-state index contributed by atoms with van der Waals surface area (Å²) in [7, 11) is 4.92.